The number of aromatic nitrogens is 3. The Morgan fingerprint density at radius 1 is 1.27 bits per heavy atom. The van der Waals surface area contributed by atoms with Crippen LogP contribution in [0.4, 0.5) is 11.6 Å². The number of anilines is 2. The summed E-state index contributed by atoms with van der Waals surface area (Å²) in [6.07, 6.45) is 2.28. The van der Waals surface area contributed by atoms with Crippen molar-refractivity contribution >= 4 is 11.6 Å². The molecule has 1 N–H and O–H groups in total. The largest absolute Gasteiger partial charge is 0.497 e. The van der Waals surface area contributed by atoms with Gasteiger partial charge in [-0.25, -0.2) is 0 Å². The summed E-state index contributed by atoms with van der Waals surface area (Å²) >= 11 is 0. The van der Waals surface area contributed by atoms with Gasteiger partial charge < -0.3 is 19.2 Å². The third-order valence-electron chi connectivity index (χ3n) is 4.45. The third kappa shape index (κ3) is 3.43. The van der Waals surface area contributed by atoms with Crippen LogP contribution in [-0.4, -0.2) is 34.6 Å². The Morgan fingerprint density at radius 2 is 2.19 bits per heavy atom. The zero-order chi connectivity index (χ0) is 17.9. The summed E-state index contributed by atoms with van der Waals surface area (Å²) in [5.74, 6) is 3.67. The summed E-state index contributed by atoms with van der Waals surface area (Å²) in [6.45, 7) is 3.40. The lowest BCUT2D eigenvalue weighted by Gasteiger charge is -2.15. The molecule has 1 fully saturated rings. The van der Waals surface area contributed by atoms with Crippen LogP contribution in [0.15, 0.2) is 40.8 Å². The Balaban J connectivity index is 1.67. The van der Waals surface area contributed by atoms with E-state index in [-0.39, 0.29) is 6.10 Å². The Bertz CT molecular complexity index is 881. The van der Waals surface area contributed by atoms with Gasteiger partial charge in [0.1, 0.15) is 11.5 Å². The van der Waals surface area contributed by atoms with Crippen LogP contribution in [0.1, 0.15) is 18.6 Å². The van der Waals surface area contributed by atoms with E-state index in [1.165, 1.54) is 0 Å². The number of aryl methyl sites for hydroxylation is 1. The number of ether oxygens (including phenoxy) is 2. The van der Waals surface area contributed by atoms with Crippen molar-refractivity contribution in [2.75, 3.05) is 19.0 Å². The molecule has 136 valence electrons. The zero-order valence-electron chi connectivity index (χ0n) is 14.9. The summed E-state index contributed by atoms with van der Waals surface area (Å²) in [4.78, 5) is 0. The van der Waals surface area contributed by atoms with Crippen LogP contribution in [0.2, 0.25) is 0 Å². The van der Waals surface area contributed by atoms with Crippen molar-refractivity contribution in [1.29, 1.82) is 0 Å². The van der Waals surface area contributed by atoms with Crippen LogP contribution in [0.25, 0.3) is 11.6 Å². The number of hydrogen-bond acceptors (Lipinski definition) is 6. The van der Waals surface area contributed by atoms with Gasteiger partial charge in [0, 0.05) is 18.4 Å². The van der Waals surface area contributed by atoms with Crippen LogP contribution >= 0.6 is 0 Å². The summed E-state index contributed by atoms with van der Waals surface area (Å²) < 4.78 is 18.9. The molecule has 1 atom stereocenters. The van der Waals surface area contributed by atoms with E-state index in [4.69, 9.17) is 13.9 Å². The molecule has 7 nitrogen and oxygen atoms in total. The lowest BCUT2D eigenvalue weighted by atomic mass is 10.2. The van der Waals surface area contributed by atoms with Crippen molar-refractivity contribution in [2.24, 2.45) is 0 Å². The molecule has 0 amide bonds. The molecule has 1 aliphatic rings. The molecule has 0 spiro atoms. The van der Waals surface area contributed by atoms with E-state index < -0.39 is 0 Å². The highest BCUT2D eigenvalue weighted by atomic mass is 16.5. The first-order valence-electron chi connectivity index (χ1n) is 8.75. The van der Waals surface area contributed by atoms with Gasteiger partial charge in [0.25, 0.3) is 0 Å². The minimum absolute atomic E-state index is 0.159. The average molecular weight is 354 g/mol. The second-order valence-electron chi connectivity index (χ2n) is 6.36. The van der Waals surface area contributed by atoms with E-state index in [0.717, 1.165) is 36.6 Å². The van der Waals surface area contributed by atoms with Crippen molar-refractivity contribution in [1.82, 2.24) is 14.8 Å². The minimum Gasteiger partial charge on any atom is -0.497 e. The fourth-order valence-corrected chi connectivity index (χ4v) is 3.13. The van der Waals surface area contributed by atoms with E-state index in [2.05, 4.69) is 15.5 Å². The third-order valence-corrected chi connectivity index (χ3v) is 4.45. The first kappa shape index (κ1) is 16.7. The van der Waals surface area contributed by atoms with Crippen molar-refractivity contribution < 1.29 is 13.9 Å². The number of rotatable bonds is 6. The summed E-state index contributed by atoms with van der Waals surface area (Å²) in [5, 5.41) is 12.0. The van der Waals surface area contributed by atoms with Crippen molar-refractivity contribution in [3.8, 4) is 17.3 Å². The van der Waals surface area contributed by atoms with E-state index in [9.17, 15) is 0 Å². The maximum Gasteiger partial charge on any atom is 0.229 e. The van der Waals surface area contributed by atoms with Gasteiger partial charge in [-0.05, 0) is 44.0 Å². The topological polar surface area (TPSA) is 74.3 Å². The Kier molecular flexibility index (Phi) is 4.62. The fraction of sp³-hybridized carbons (Fsp3) is 0.368. The number of hydrogen-bond donors (Lipinski definition) is 1. The lowest BCUT2D eigenvalue weighted by molar-refractivity contribution is 0.0976. The molecule has 0 aliphatic carbocycles. The van der Waals surface area contributed by atoms with E-state index in [0.29, 0.717) is 24.1 Å². The van der Waals surface area contributed by atoms with Gasteiger partial charge in [-0.1, -0.05) is 6.07 Å². The van der Waals surface area contributed by atoms with E-state index in [1.807, 2.05) is 47.9 Å². The monoisotopic (exact) mass is 354 g/mol. The van der Waals surface area contributed by atoms with Gasteiger partial charge >= 0.3 is 0 Å². The number of methoxy groups -OCH3 is 1. The Labute approximate surface area is 151 Å². The van der Waals surface area contributed by atoms with Gasteiger partial charge in [0.15, 0.2) is 5.76 Å². The first-order chi connectivity index (χ1) is 12.7. The molecule has 1 aliphatic heterocycles. The second-order valence-corrected chi connectivity index (χ2v) is 6.36. The fourth-order valence-electron chi connectivity index (χ4n) is 3.13. The molecular formula is C19H22N4O3. The van der Waals surface area contributed by atoms with Crippen LogP contribution in [0.3, 0.4) is 0 Å². The van der Waals surface area contributed by atoms with Gasteiger partial charge in [-0.2, -0.15) is 0 Å². The van der Waals surface area contributed by atoms with Gasteiger partial charge in [-0.15, -0.1) is 10.2 Å². The van der Waals surface area contributed by atoms with Gasteiger partial charge in [-0.3, -0.25) is 4.57 Å². The number of nitrogens with zero attached hydrogens (tertiary/aromatic N) is 3. The molecule has 1 saturated heterocycles. The Morgan fingerprint density at radius 3 is 2.92 bits per heavy atom. The summed E-state index contributed by atoms with van der Waals surface area (Å²) in [7, 11) is 1.65. The lowest BCUT2D eigenvalue weighted by Crippen LogP contribution is -2.17. The normalized spacial score (nSPS) is 16.8. The maximum absolute atomic E-state index is 5.81. The molecular weight excluding hydrogens is 332 g/mol. The molecule has 0 saturated carbocycles. The standard InChI is InChI=1S/C19H22N4O3/c1-13-8-9-17(26-13)18-21-22-19(23(18)12-16-7-4-10-25-16)20-14-5-3-6-15(11-14)24-2/h3,5-6,8-9,11,16H,4,7,10,12H2,1-2H3,(H,20,22). The highest BCUT2D eigenvalue weighted by Gasteiger charge is 2.23. The highest BCUT2D eigenvalue weighted by Crippen LogP contribution is 2.27. The Hall–Kier alpha value is -2.80. The highest BCUT2D eigenvalue weighted by molar-refractivity contribution is 5.59. The molecule has 1 unspecified atom stereocenters. The molecule has 3 aromatic rings. The van der Waals surface area contributed by atoms with Crippen molar-refractivity contribution in [3.63, 3.8) is 0 Å². The first-order valence-corrected chi connectivity index (χ1v) is 8.75. The smallest absolute Gasteiger partial charge is 0.229 e. The maximum atomic E-state index is 5.81. The molecule has 7 heteroatoms. The summed E-state index contributed by atoms with van der Waals surface area (Å²) in [5.41, 5.74) is 0.882. The molecule has 0 radical (unpaired) electrons. The van der Waals surface area contributed by atoms with Crippen LogP contribution in [0, 0.1) is 6.92 Å². The summed E-state index contributed by atoms with van der Waals surface area (Å²) in [6, 6.07) is 11.6. The average Bonchev–Trinajstić information content (AvgIpc) is 3.39. The predicted molar refractivity (Wildman–Crippen MR) is 97.7 cm³/mol. The molecule has 1 aromatic carbocycles. The molecule has 2 aromatic heterocycles. The molecule has 26 heavy (non-hydrogen) atoms. The quantitative estimate of drug-likeness (QED) is 0.726. The molecule has 4 rings (SSSR count). The second kappa shape index (κ2) is 7.21. The molecule has 3 heterocycles. The number of nitrogens with one attached hydrogen (secondary N) is 1. The van der Waals surface area contributed by atoms with Crippen LogP contribution in [-0.2, 0) is 11.3 Å². The van der Waals surface area contributed by atoms with Gasteiger partial charge in [0.2, 0.25) is 11.8 Å². The van der Waals surface area contributed by atoms with Crippen LogP contribution in [0.5, 0.6) is 5.75 Å². The predicted octanol–water partition coefficient (Wildman–Crippen LogP) is 3.78. The van der Waals surface area contributed by atoms with Crippen LogP contribution < -0.4 is 10.1 Å². The SMILES string of the molecule is COc1cccc(Nc2nnc(-c3ccc(C)o3)n2CC2CCCO2)c1. The van der Waals surface area contributed by atoms with Gasteiger partial charge in [0.05, 0.1) is 19.8 Å². The molecule has 0 bridgehead atoms. The minimum atomic E-state index is 0.159. The zero-order valence-corrected chi connectivity index (χ0v) is 14.9. The number of benzene rings is 1. The number of furan rings is 1. The van der Waals surface area contributed by atoms with E-state index >= 15 is 0 Å². The van der Waals surface area contributed by atoms with Crippen molar-refractivity contribution in [2.45, 2.75) is 32.4 Å². The van der Waals surface area contributed by atoms with E-state index in [1.54, 1.807) is 7.11 Å². The van der Waals surface area contributed by atoms with Crippen molar-refractivity contribution in [3.05, 3.63) is 42.2 Å².